The zero-order valence-electron chi connectivity index (χ0n) is 15.7. The van der Waals surface area contributed by atoms with Gasteiger partial charge in [-0.25, -0.2) is 4.79 Å². The van der Waals surface area contributed by atoms with E-state index in [1.807, 2.05) is 39.0 Å². The third-order valence-electron chi connectivity index (χ3n) is 3.90. The molecule has 5 heteroatoms. The fourth-order valence-corrected chi connectivity index (χ4v) is 2.43. The third-order valence-corrected chi connectivity index (χ3v) is 3.90. The number of ether oxygens (including phenoxy) is 2. The zero-order valence-corrected chi connectivity index (χ0v) is 15.7. The summed E-state index contributed by atoms with van der Waals surface area (Å²) >= 11 is 0. The largest absolute Gasteiger partial charge is 0.480 e. The Balaban J connectivity index is 1.97. The summed E-state index contributed by atoms with van der Waals surface area (Å²) in [6.45, 7) is 7.93. The first-order valence-electron chi connectivity index (χ1n) is 8.73. The highest BCUT2D eigenvalue weighted by molar-refractivity contribution is 5.95. The number of hydrogen-bond acceptors (Lipinski definition) is 4. The maximum absolute atomic E-state index is 12.4. The van der Waals surface area contributed by atoms with Crippen LogP contribution in [-0.4, -0.2) is 24.6 Å². The van der Waals surface area contributed by atoms with Crippen molar-refractivity contribution in [3.05, 3.63) is 59.2 Å². The molecule has 0 heterocycles. The summed E-state index contributed by atoms with van der Waals surface area (Å²) < 4.78 is 10.9. The van der Waals surface area contributed by atoms with E-state index in [2.05, 4.69) is 5.32 Å². The number of hydrogen-bond donors (Lipinski definition) is 1. The van der Waals surface area contributed by atoms with E-state index in [-0.39, 0.29) is 11.9 Å². The van der Waals surface area contributed by atoms with Gasteiger partial charge >= 0.3 is 5.97 Å². The third kappa shape index (κ3) is 5.09. The van der Waals surface area contributed by atoms with Crippen molar-refractivity contribution in [2.24, 2.45) is 0 Å². The number of carbonyl (C=O) groups excluding carboxylic acids is 2. The number of esters is 1. The van der Waals surface area contributed by atoms with Gasteiger partial charge in [-0.1, -0.05) is 25.1 Å². The summed E-state index contributed by atoms with van der Waals surface area (Å²) in [5, 5.41) is 2.79. The second kappa shape index (κ2) is 9.04. The van der Waals surface area contributed by atoms with Crippen LogP contribution in [0, 0.1) is 13.8 Å². The molecular formula is C21H25NO4. The molecule has 2 aromatic rings. The molecule has 0 aliphatic heterocycles. The van der Waals surface area contributed by atoms with Crippen molar-refractivity contribution in [3.8, 4) is 5.75 Å². The number of para-hydroxylation sites is 1. The number of amides is 1. The molecule has 0 aliphatic rings. The smallest absolute Gasteiger partial charge is 0.338 e. The molecule has 0 saturated heterocycles. The van der Waals surface area contributed by atoms with Crippen LogP contribution in [0.4, 0.5) is 5.69 Å². The number of carbonyl (C=O) groups is 2. The highest BCUT2D eigenvalue weighted by Crippen LogP contribution is 2.24. The van der Waals surface area contributed by atoms with Crippen LogP contribution in [0.5, 0.6) is 5.75 Å². The van der Waals surface area contributed by atoms with Gasteiger partial charge in [0.25, 0.3) is 5.91 Å². The molecule has 1 amide bonds. The number of benzene rings is 2. The minimum atomic E-state index is -0.649. The fraction of sp³-hybridized carbons (Fsp3) is 0.333. The van der Waals surface area contributed by atoms with Crippen LogP contribution >= 0.6 is 0 Å². The van der Waals surface area contributed by atoms with Gasteiger partial charge in [0.05, 0.1) is 12.2 Å². The predicted molar refractivity (Wildman–Crippen MR) is 102 cm³/mol. The first-order valence-corrected chi connectivity index (χ1v) is 8.73. The van der Waals surface area contributed by atoms with Crippen LogP contribution in [0.2, 0.25) is 0 Å². The van der Waals surface area contributed by atoms with Crippen LogP contribution in [0.25, 0.3) is 0 Å². The molecule has 0 unspecified atom stereocenters. The summed E-state index contributed by atoms with van der Waals surface area (Å²) in [4.78, 5) is 24.2. The van der Waals surface area contributed by atoms with Gasteiger partial charge in [-0.15, -0.1) is 0 Å². The van der Waals surface area contributed by atoms with Crippen molar-refractivity contribution in [1.82, 2.24) is 0 Å². The Morgan fingerprint density at radius 1 is 1.04 bits per heavy atom. The van der Waals surface area contributed by atoms with Crippen molar-refractivity contribution in [3.63, 3.8) is 0 Å². The van der Waals surface area contributed by atoms with Gasteiger partial charge in [-0.2, -0.15) is 0 Å². The molecule has 2 aromatic carbocycles. The van der Waals surface area contributed by atoms with Crippen molar-refractivity contribution in [2.45, 2.75) is 40.2 Å². The van der Waals surface area contributed by atoms with E-state index in [0.29, 0.717) is 17.9 Å². The Morgan fingerprint density at radius 2 is 1.65 bits per heavy atom. The average Bonchev–Trinajstić information content (AvgIpc) is 2.63. The summed E-state index contributed by atoms with van der Waals surface area (Å²) in [5.74, 6) is 0.106. The molecule has 0 radical (unpaired) electrons. The van der Waals surface area contributed by atoms with E-state index in [0.717, 1.165) is 23.3 Å². The zero-order chi connectivity index (χ0) is 19.1. The normalized spacial score (nSPS) is 11.5. The average molecular weight is 355 g/mol. The summed E-state index contributed by atoms with van der Waals surface area (Å²) in [6.07, 6.45) is 0.127. The van der Waals surface area contributed by atoms with Crippen LogP contribution in [0.3, 0.4) is 0 Å². The van der Waals surface area contributed by atoms with Crippen molar-refractivity contribution < 1.29 is 19.1 Å². The molecule has 0 fully saturated rings. The van der Waals surface area contributed by atoms with Gasteiger partial charge in [0.2, 0.25) is 0 Å². The van der Waals surface area contributed by atoms with E-state index in [4.69, 9.17) is 9.47 Å². The monoisotopic (exact) mass is 355 g/mol. The van der Waals surface area contributed by atoms with Gasteiger partial charge in [0, 0.05) is 5.69 Å². The van der Waals surface area contributed by atoms with Crippen molar-refractivity contribution in [2.75, 3.05) is 11.9 Å². The lowest BCUT2D eigenvalue weighted by atomic mass is 10.1. The van der Waals surface area contributed by atoms with E-state index in [1.165, 1.54) is 0 Å². The molecule has 0 bridgehead atoms. The topological polar surface area (TPSA) is 64.6 Å². The molecule has 1 atom stereocenters. The Hall–Kier alpha value is -2.82. The van der Waals surface area contributed by atoms with Crippen molar-refractivity contribution >= 4 is 17.6 Å². The molecule has 26 heavy (non-hydrogen) atoms. The molecule has 5 nitrogen and oxygen atoms in total. The lowest BCUT2D eigenvalue weighted by Crippen LogP contribution is -2.30. The minimum absolute atomic E-state index is 0.256. The van der Waals surface area contributed by atoms with Gasteiger partial charge < -0.3 is 14.8 Å². The number of nitrogens with one attached hydrogen (secondary N) is 1. The Kier molecular flexibility index (Phi) is 6.78. The molecule has 0 aromatic heterocycles. The second-order valence-electron chi connectivity index (χ2n) is 6.18. The number of aryl methyl sites for hydroxylation is 2. The standard InChI is InChI=1S/C21H25NO4/c1-5-13-25-21(24)17-9-11-18(12-10-17)22-20(23)16(4)26-19-14(2)7-6-8-15(19)3/h6-12,16H,5,13H2,1-4H3,(H,22,23)/t16-/m1/s1. The molecule has 1 N–H and O–H groups in total. The van der Waals surface area contributed by atoms with Gasteiger partial charge in [-0.3, -0.25) is 4.79 Å². The maximum Gasteiger partial charge on any atom is 0.338 e. The SMILES string of the molecule is CCCOC(=O)c1ccc(NC(=O)[C@@H](C)Oc2c(C)cccc2C)cc1. The first kappa shape index (κ1) is 19.5. The molecule has 0 aliphatic carbocycles. The molecular weight excluding hydrogens is 330 g/mol. The van der Waals surface area contributed by atoms with E-state index in [9.17, 15) is 9.59 Å². The lowest BCUT2D eigenvalue weighted by Gasteiger charge is -2.18. The summed E-state index contributed by atoms with van der Waals surface area (Å²) in [7, 11) is 0. The molecule has 0 saturated carbocycles. The summed E-state index contributed by atoms with van der Waals surface area (Å²) in [6, 6.07) is 12.5. The first-order chi connectivity index (χ1) is 12.4. The highest BCUT2D eigenvalue weighted by Gasteiger charge is 2.17. The lowest BCUT2D eigenvalue weighted by molar-refractivity contribution is -0.122. The van der Waals surface area contributed by atoms with Gasteiger partial charge in [-0.05, 0) is 62.6 Å². The quantitative estimate of drug-likeness (QED) is 0.753. The van der Waals surface area contributed by atoms with E-state index in [1.54, 1.807) is 31.2 Å². The predicted octanol–water partition coefficient (Wildman–Crippen LogP) is 4.28. The Morgan fingerprint density at radius 3 is 2.23 bits per heavy atom. The number of rotatable bonds is 7. The summed E-state index contributed by atoms with van der Waals surface area (Å²) in [5.41, 5.74) is 3.02. The second-order valence-corrected chi connectivity index (χ2v) is 6.18. The van der Waals surface area contributed by atoms with E-state index >= 15 is 0 Å². The Bertz CT molecular complexity index is 748. The van der Waals surface area contributed by atoms with Gasteiger partial charge in [0.1, 0.15) is 5.75 Å². The molecule has 138 valence electrons. The van der Waals surface area contributed by atoms with Crippen LogP contribution in [0.1, 0.15) is 41.8 Å². The maximum atomic E-state index is 12.4. The number of anilines is 1. The van der Waals surface area contributed by atoms with E-state index < -0.39 is 6.10 Å². The fourth-order valence-electron chi connectivity index (χ4n) is 2.43. The minimum Gasteiger partial charge on any atom is -0.480 e. The van der Waals surface area contributed by atoms with Crippen LogP contribution < -0.4 is 10.1 Å². The van der Waals surface area contributed by atoms with Crippen LogP contribution in [0.15, 0.2) is 42.5 Å². The van der Waals surface area contributed by atoms with Crippen LogP contribution in [-0.2, 0) is 9.53 Å². The van der Waals surface area contributed by atoms with Crippen molar-refractivity contribution in [1.29, 1.82) is 0 Å². The van der Waals surface area contributed by atoms with Gasteiger partial charge in [0.15, 0.2) is 6.10 Å². The molecule has 0 spiro atoms. The molecule has 2 rings (SSSR count). The Labute approximate surface area is 154 Å². The highest BCUT2D eigenvalue weighted by atomic mass is 16.5.